The van der Waals surface area contributed by atoms with Gasteiger partial charge < -0.3 is 5.32 Å². The first kappa shape index (κ1) is 11.8. The van der Waals surface area contributed by atoms with E-state index in [4.69, 9.17) is 11.6 Å². The van der Waals surface area contributed by atoms with Gasteiger partial charge in [-0.25, -0.2) is 9.97 Å². The number of nitrogens with one attached hydrogen (secondary N) is 1. The SMILES string of the molecule is O=C1CN(Cc2nc(Cl)c3ccsc3n2)CCN1. The van der Waals surface area contributed by atoms with Crippen LogP contribution in [-0.2, 0) is 11.3 Å². The topological polar surface area (TPSA) is 58.1 Å². The van der Waals surface area contributed by atoms with Crippen LogP contribution in [0.15, 0.2) is 11.4 Å². The molecular weight excluding hydrogens is 272 g/mol. The number of fused-ring (bicyclic) bond motifs is 1. The van der Waals surface area contributed by atoms with Crippen molar-refractivity contribution >= 4 is 39.1 Å². The number of hydrogen-bond donors (Lipinski definition) is 1. The Labute approximate surface area is 113 Å². The average Bonchev–Trinajstić information content (AvgIpc) is 2.77. The van der Waals surface area contributed by atoms with Crippen LogP contribution in [0, 0.1) is 0 Å². The summed E-state index contributed by atoms with van der Waals surface area (Å²) < 4.78 is 0. The van der Waals surface area contributed by atoms with E-state index >= 15 is 0 Å². The van der Waals surface area contributed by atoms with Crippen LogP contribution in [0.25, 0.3) is 10.2 Å². The first-order valence-corrected chi connectivity index (χ1v) is 6.87. The molecule has 2 aromatic heterocycles. The molecule has 0 aromatic carbocycles. The lowest BCUT2D eigenvalue weighted by Gasteiger charge is -2.25. The van der Waals surface area contributed by atoms with Crippen LogP contribution in [0.5, 0.6) is 0 Å². The summed E-state index contributed by atoms with van der Waals surface area (Å²) in [5, 5.41) is 6.11. The summed E-state index contributed by atoms with van der Waals surface area (Å²) in [5.41, 5.74) is 0. The van der Waals surface area contributed by atoms with E-state index in [-0.39, 0.29) is 5.91 Å². The van der Waals surface area contributed by atoms with Crippen molar-refractivity contribution in [2.24, 2.45) is 0 Å². The van der Waals surface area contributed by atoms with E-state index in [0.29, 0.717) is 30.6 Å². The van der Waals surface area contributed by atoms with Crippen LogP contribution in [0.4, 0.5) is 0 Å². The van der Waals surface area contributed by atoms with E-state index in [0.717, 1.165) is 16.8 Å². The second kappa shape index (κ2) is 4.79. The Kier molecular flexibility index (Phi) is 3.15. The van der Waals surface area contributed by atoms with Crippen molar-refractivity contribution < 1.29 is 4.79 Å². The van der Waals surface area contributed by atoms with Gasteiger partial charge in [-0.1, -0.05) is 11.6 Å². The molecule has 0 unspecified atom stereocenters. The summed E-state index contributed by atoms with van der Waals surface area (Å²) in [6.45, 7) is 2.44. The molecule has 0 bridgehead atoms. The second-order valence-corrected chi connectivity index (χ2v) is 5.38. The maximum atomic E-state index is 11.3. The fourth-order valence-electron chi connectivity index (χ4n) is 1.96. The van der Waals surface area contributed by atoms with Gasteiger partial charge in [0, 0.05) is 18.5 Å². The molecule has 1 fully saturated rings. The van der Waals surface area contributed by atoms with Gasteiger partial charge in [0.2, 0.25) is 5.91 Å². The normalized spacial score (nSPS) is 17.1. The predicted molar refractivity (Wildman–Crippen MR) is 70.7 cm³/mol. The van der Waals surface area contributed by atoms with Crippen LogP contribution >= 0.6 is 22.9 Å². The molecule has 1 amide bonds. The third-order valence-electron chi connectivity index (χ3n) is 2.81. The van der Waals surface area contributed by atoms with Crippen molar-refractivity contribution in [3.8, 4) is 0 Å². The lowest BCUT2D eigenvalue weighted by atomic mass is 10.3. The third kappa shape index (κ3) is 2.31. The van der Waals surface area contributed by atoms with E-state index in [2.05, 4.69) is 15.3 Å². The molecule has 0 spiro atoms. The van der Waals surface area contributed by atoms with Crippen molar-refractivity contribution in [3.63, 3.8) is 0 Å². The molecule has 18 heavy (non-hydrogen) atoms. The number of aromatic nitrogens is 2. The molecular formula is C11H11ClN4OS. The molecule has 0 radical (unpaired) electrons. The predicted octanol–water partition coefficient (Wildman–Crippen LogP) is 1.28. The Morgan fingerprint density at radius 2 is 2.39 bits per heavy atom. The van der Waals surface area contributed by atoms with E-state index < -0.39 is 0 Å². The summed E-state index contributed by atoms with van der Waals surface area (Å²) in [4.78, 5) is 22.9. The first-order chi connectivity index (χ1) is 8.72. The lowest BCUT2D eigenvalue weighted by Crippen LogP contribution is -2.47. The van der Waals surface area contributed by atoms with Crippen LogP contribution in [-0.4, -0.2) is 40.4 Å². The maximum absolute atomic E-state index is 11.3. The molecule has 1 aliphatic rings. The van der Waals surface area contributed by atoms with Gasteiger partial charge in [-0.2, -0.15) is 0 Å². The minimum absolute atomic E-state index is 0.0459. The molecule has 94 valence electrons. The smallest absolute Gasteiger partial charge is 0.234 e. The lowest BCUT2D eigenvalue weighted by molar-refractivity contribution is -0.124. The van der Waals surface area contributed by atoms with Crippen molar-refractivity contribution in [1.29, 1.82) is 0 Å². The molecule has 0 atom stereocenters. The molecule has 0 aliphatic carbocycles. The monoisotopic (exact) mass is 282 g/mol. The molecule has 7 heteroatoms. The molecule has 1 aliphatic heterocycles. The highest BCUT2D eigenvalue weighted by molar-refractivity contribution is 7.16. The summed E-state index contributed by atoms with van der Waals surface area (Å²) >= 11 is 7.65. The van der Waals surface area contributed by atoms with Crippen LogP contribution in [0.2, 0.25) is 5.15 Å². The number of carbonyl (C=O) groups is 1. The van der Waals surface area contributed by atoms with Gasteiger partial charge in [-0.15, -0.1) is 11.3 Å². The summed E-state index contributed by atoms with van der Waals surface area (Å²) in [6, 6.07) is 1.92. The van der Waals surface area contributed by atoms with Gasteiger partial charge in [0.05, 0.1) is 13.1 Å². The molecule has 5 nitrogen and oxygen atoms in total. The number of nitrogens with zero attached hydrogens (tertiary/aromatic N) is 3. The van der Waals surface area contributed by atoms with E-state index in [1.807, 2.05) is 16.3 Å². The molecule has 0 saturated carbocycles. The Hall–Kier alpha value is -1.24. The van der Waals surface area contributed by atoms with Crippen molar-refractivity contribution in [2.45, 2.75) is 6.54 Å². The van der Waals surface area contributed by atoms with E-state index in [9.17, 15) is 4.79 Å². The zero-order chi connectivity index (χ0) is 12.5. The number of carbonyl (C=O) groups excluding carboxylic acids is 1. The minimum Gasteiger partial charge on any atom is -0.354 e. The van der Waals surface area contributed by atoms with Crippen molar-refractivity contribution in [1.82, 2.24) is 20.2 Å². The Morgan fingerprint density at radius 1 is 1.50 bits per heavy atom. The average molecular weight is 283 g/mol. The molecule has 1 N–H and O–H groups in total. The zero-order valence-electron chi connectivity index (χ0n) is 9.52. The number of piperazine rings is 1. The second-order valence-electron chi connectivity index (χ2n) is 4.13. The van der Waals surface area contributed by atoms with Crippen molar-refractivity contribution in [3.05, 3.63) is 22.4 Å². The number of hydrogen-bond acceptors (Lipinski definition) is 5. The van der Waals surface area contributed by atoms with Crippen LogP contribution in [0.1, 0.15) is 5.82 Å². The molecule has 3 heterocycles. The van der Waals surface area contributed by atoms with Gasteiger partial charge in [-0.3, -0.25) is 9.69 Å². The maximum Gasteiger partial charge on any atom is 0.234 e. The Morgan fingerprint density at radius 3 is 3.22 bits per heavy atom. The number of halogens is 1. The summed E-state index contributed by atoms with van der Waals surface area (Å²) in [6.07, 6.45) is 0. The summed E-state index contributed by atoms with van der Waals surface area (Å²) in [7, 11) is 0. The van der Waals surface area contributed by atoms with Crippen LogP contribution in [0.3, 0.4) is 0 Å². The largest absolute Gasteiger partial charge is 0.354 e. The number of thiophene rings is 1. The molecule has 1 saturated heterocycles. The van der Waals surface area contributed by atoms with E-state index in [1.54, 1.807) is 11.3 Å². The standard InChI is InChI=1S/C11H11ClN4OS/c12-10-7-1-4-18-11(7)15-8(14-10)5-16-3-2-13-9(17)6-16/h1,4H,2-3,5-6H2,(H,13,17). The van der Waals surface area contributed by atoms with Crippen molar-refractivity contribution in [2.75, 3.05) is 19.6 Å². The highest BCUT2D eigenvalue weighted by atomic mass is 35.5. The van der Waals surface area contributed by atoms with Gasteiger partial charge in [0.15, 0.2) is 0 Å². The number of amides is 1. The van der Waals surface area contributed by atoms with E-state index in [1.165, 1.54) is 0 Å². The quantitative estimate of drug-likeness (QED) is 0.843. The summed E-state index contributed by atoms with van der Waals surface area (Å²) in [5.74, 6) is 0.717. The van der Waals surface area contributed by atoms with Crippen LogP contribution < -0.4 is 5.32 Å². The molecule has 3 rings (SSSR count). The fourth-order valence-corrected chi connectivity index (χ4v) is 3.05. The minimum atomic E-state index is 0.0459. The third-order valence-corrected chi connectivity index (χ3v) is 3.90. The van der Waals surface area contributed by atoms with Gasteiger partial charge in [0.25, 0.3) is 0 Å². The number of rotatable bonds is 2. The highest BCUT2D eigenvalue weighted by Gasteiger charge is 2.18. The van der Waals surface area contributed by atoms with Gasteiger partial charge >= 0.3 is 0 Å². The zero-order valence-corrected chi connectivity index (χ0v) is 11.1. The first-order valence-electron chi connectivity index (χ1n) is 5.61. The fraction of sp³-hybridized carbons (Fsp3) is 0.364. The highest BCUT2D eigenvalue weighted by Crippen LogP contribution is 2.25. The molecule has 2 aromatic rings. The van der Waals surface area contributed by atoms with Gasteiger partial charge in [-0.05, 0) is 11.4 Å². The van der Waals surface area contributed by atoms with Gasteiger partial charge in [0.1, 0.15) is 15.8 Å². The Balaban J connectivity index is 1.83. The Bertz CT molecular complexity index is 600.